The Balaban J connectivity index is 0. The van der Waals surface area contributed by atoms with Crippen molar-refractivity contribution >= 4 is 30.0 Å². The van der Waals surface area contributed by atoms with Crippen molar-refractivity contribution in [1.29, 1.82) is 0 Å². The molecule has 2 aliphatic rings. The topological polar surface area (TPSA) is 0 Å². The average Bonchev–Trinajstić information content (AvgIpc) is 3.71. The third kappa shape index (κ3) is 14.9. The van der Waals surface area contributed by atoms with Gasteiger partial charge in [-0.05, 0) is 0 Å². The summed E-state index contributed by atoms with van der Waals surface area (Å²) in [5.41, 5.74) is 0. The van der Waals surface area contributed by atoms with E-state index in [0.29, 0.717) is 0 Å². The van der Waals surface area contributed by atoms with Gasteiger partial charge in [0.05, 0.1) is 0 Å². The van der Waals surface area contributed by atoms with Gasteiger partial charge in [0.1, 0.15) is 0 Å². The molecule has 0 aromatic heterocycles. The van der Waals surface area contributed by atoms with Crippen molar-refractivity contribution in [3.8, 4) is 0 Å². The molecule has 0 amide bonds. The van der Waals surface area contributed by atoms with E-state index in [1.165, 1.54) is 70.0 Å². The van der Waals surface area contributed by atoms with E-state index in [4.69, 9.17) is 0 Å². The average molecular weight is 642 g/mol. The summed E-state index contributed by atoms with van der Waals surface area (Å²) in [7, 11) is 0. The van der Waals surface area contributed by atoms with Crippen molar-refractivity contribution in [1.82, 2.24) is 0 Å². The molecule has 0 unspecified atom stereocenters. The fourth-order valence-corrected chi connectivity index (χ4v) is 2.82. The van der Waals surface area contributed by atoms with Crippen molar-refractivity contribution in [3.05, 3.63) is 134 Å². The number of allylic oxidation sites excluding steroid dienone is 8. The summed E-state index contributed by atoms with van der Waals surface area (Å²) in [6.45, 7) is 0. The maximum absolute atomic E-state index is 3.34. The fourth-order valence-electron chi connectivity index (χ4n) is 2.82. The first-order valence-corrected chi connectivity index (χ1v) is 13.8. The van der Waals surface area contributed by atoms with Gasteiger partial charge in [0.25, 0.3) is 0 Å². The maximum Gasteiger partial charge on any atom is -0.0809 e. The smallest absolute Gasteiger partial charge is 0.0809 e. The Morgan fingerprint density at radius 1 is 0.588 bits per heavy atom. The Hall–Kier alpha value is -1.29. The third-order valence-electron chi connectivity index (χ3n) is 4.27. The molecule has 172 valence electrons. The van der Waals surface area contributed by atoms with Crippen molar-refractivity contribution < 1.29 is 73.3 Å². The quantitative estimate of drug-likeness (QED) is 0.257. The van der Waals surface area contributed by atoms with Gasteiger partial charge in [0.15, 0.2) is 0 Å². The molecule has 6 rings (SSSR count). The van der Waals surface area contributed by atoms with Crippen molar-refractivity contribution in [2.45, 2.75) is 12.8 Å². The van der Waals surface area contributed by atoms with E-state index >= 15 is 0 Å². The number of hydrogen-bond acceptors (Lipinski definition) is 0. The normalized spacial score (nSPS) is 10.9. The van der Waals surface area contributed by atoms with E-state index in [2.05, 4.69) is 118 Å². The monoisotopic (exact) mass is 638 g/mol. The van der Waals surface area contributed by atoms with Crippen LogP contribution in [0.4, 0.5) is 0 Å². The van der Waals surface area contributed by atoms with Gasteiger partial charge in [0.2, 0.25) is 0 Å². The van der Waals surface area contributed by atoms with E-state index in [-0.39, 0.29) is 24.8 Å². The predicted octanol–water partition coefficient (Wildman–Crippen LogP) is 1.67. The molecule has 0 radical (unpaired) electrons. The van der Waals surface area contributed by atoms with Gasteiger partial charge in [-0.3, -0.25) is 12.2 Å². The Morgan fingerprint density at radius 3 is 1.24 bits per heavy atom. The largest absolute Gasteiger partial charge is 1.00 e. The SMILES string of the molecule is [C-]1=CC=CC1.[C-]1=CC=CC1.[CH2]=[Zr+2].[CH2]=[Zr+2].[Cl-].[Cl-].c1ccc2[cH-]ccc2c1.c1ccc2[cH-]ccc2c1. The van der Waals surface area contributed by atoms with Gasteiger partial charge in [-0.1, -0.05) is 12.1 Å². The Morgan fingerprint density at radius 2 is 0.971 bits per heavy atom. The van der Waals surface area contributed by atoms with Crippen LogP contribution in [0.3, 0.4) is 0 Å². The molecule has 34 heavy (non-hydrogen) atoms. The first-order chi connectivity index (χ1) is 15.9. The number of benzene rings is 2. The molecule has 4 aromatic rings. The van der Waals surface area contributed by atoms with Gasteiger partial charge in [-0.15, -0.1) is 72.1 Å². The molecule has 0 saturated heterocycles. The van der Waals surface area contributed by atoms with Crippen LogP contribution >= 0.6 is 0 Å². The summed E-state index contributed by atoms with van der Waals surface area (Å²) in [6, 6.07) is 29.3. The molecular weight excluding hydrogens is 614 g/mol. The number of rotatable bonds is 0. The minimum absolute atomic E-state index is 0. The standard InChI is InChI=1S/2C9H7.2C5H5.2CH2.2ClH.2Zr/c2*1-2-5-9-7-3-6-8(9)4-1;2*1-2-4-5-3-1;;;;;;/h2*1-7H;2*1-3H,4H2;2*1H2;2*1H;;/q4*-1;;;;;2*+2/p-2. The van der Waals surface area contributed by atoms with E-state index in [1.54, 1.807) is 0 Å². The second-order valence-corrected chi connectivity index (χ2v) is 6.32. The zero-order valence-corrected chi connectivity index (χ0v) is 25.6. The predicted molar refractivity (Wildman–Crippen MR) is 136 cm³/mol. The van der Waals surface area contributed by atoms with E-state index < -0.39 is 0 Å². The van der Waals surface area contributed by atoms with E-state index in [0.717, 1.165) is 12.8 Å². The summed E-state index contributed by atoms with van der Waals surface area (Å²) < 4.78 is 6.68. The molecule has 0 spiro atoms. The molecule has 0 bridgehead atoms. The van der Waals surface area contributed by atoms with Gasteiger partial charge in [-0.25, -0.2) is 24.3 Å². The molecule has 4 aromatic carbocycles. The zero-order valence-electron chi connectivity index (χ0n) is 19.1. The molecule has 4 heteroatoms. The molecule has 0 heterocycles. The number of fused-ring (bicyclic) bond motifs is 2. The fraction of sp³-hybridized carbons (Fsp3) is 0.0667. The van der Waals surface area contributed by atoms with Crippen LogP contribution < -0.4 is 24.8 Å². The van der Waals surface area contributed by atoms with Crippen LogP contribution in [-0.4, -0.2) is 8.42 Å². The summed E-state index contributed by atoms with van der Waals surface area (Å²) in [5.74, 6) is 0. The summed E-state index contributed by atoms with van der Waals surface area (Å²) in [4.78, 5) is 0. The van der Waals surface area contributed by atoms with Crippen LogP contribution in [0.1, 0.15) is 12.8 Å². The maximum atomic E-state index is 3.34. The van der Waals surface area contributed by atoms with Crippen molar-refractivity contribution in [3.63, 3.8) is 0 Å². The second kappa shape index (κ2) is 24.8. The Bertz CT molecular complexity index is 946. The van der Waals surface area contributed by atoms with Crippen molar-refractivity contribution in [2.24, 2.45) is 0 Å². The second-order valence-electron chi connectivity index (χ2n) is 6.32. The molecule has 0 nitrogen and oxygen atoms in total. The van der Waals surface area contributed by atoms with Gasteiger partial charge in [0, 0.05) is 0 Å². The van der Waals surface area contributed by atoms with Crippen LogP contribution in [-0.2, 0) is 48.5 Å². The Kier molecular flexibility index (Phi) is 25.5. The molecule has 0 aliphatic heterocycles. The Labute approximate surface area is 247 Å². The molecular formula is C30H28Cl2Zr2-2. The first kappa shape index (κ1) is 34.9. The van der Waals surface area contributed by atoms with Crippen LogP contribution in [0.2, 0.25) is 0 Å². The van der Waals surface area contributed by atoms with Crippen LogP contribution in [0, 0.1) is 12.2 Å². The first-order valence-electron chi connectivity index (χ1n) is 10.3. The van der Waals surface area contributed by atoms with Gasteiger partial charge in [-0.2, -0.15) is 47.2 Å². The minimum atomic E-state index is 0. The molecule has 2 aliphatic carbocycles. The van der Waals surface area contributed by atoms with Gasteiger partial charge >= 0.3 is 56.9 Å². The van der Waals surface area contributed by atoms with Gasteiger partial charge < -0.3 is 24.8 Å². The summed E-state index contributed by atoms with van der Waals surface area (Å²) in [6.07, 6.45) is 20.0. The zero-order chi connectivity index (χ0) is 23.3. The number of hydrogen-bond donors (Lipinski definition) is 0. The molecule has 0 fully saturated rings. The van der Waals surface area contributed by atoms with E-state index in [1.807, 2.05) is 24.3 Å². The molecule has 0 N–H and O–H groups in total. The minimum Gasteiger partial charge on any atom is -1.00 e. The van der Waals surface area contributed by atoms with E-state index in [9.17, 15) is 0 Å². The molecule has 0 atom stereocenters. The molecule has 0 saturated carbocycles. The van der Waals surface area contributed by atoms with Crippen LogP contribution in [0.25, 0.3) is 21.5 Å². The van der Waals surface area contributed by atoms with Crippen LogP contribution in [0.15, 0.2) is 121 Å². The van der Waals surface area contributed by atoms with Crippen LogP contribution in [0.5, 0.6) is 0 Å². The summed E-state index contributed by atoms with van der Waals surface area (Å²) >= 11 is 2.60. The summed E-state index contributed by atoms with van der Waals surface area (Å²) in [5, 5.41) is 5.32. The number of halogens is 2. The third-order valence-corrected chi connectivity index (χ3v) is 4.27. The van der Waals surface area contributed by atoms with Crippen molar-refractivity contribution in [2.75, 3.05) is 0 Å².